The highest BCUT2D eigenvalue weighted by atomic mass is 127. The number of nitrogens with one attached hydrogen (secondary N) is 3. The van der Waals surface area contributed by atoms with Crippen LogP contribution in [0, 0.1) is 19.3 Å². The molecule has 30 heavy (non-hydrogen) atoms. The molecule has 1 saturated carbocycles. The van der Waals surface area contributed by atoms with Crippen molar-refractivity contribution in [1.82, 2.24) is 15.4 Å². The lowest BCUT2D eigenvalue weighted by atomic mass is 9.72. The third-order valence-electron chi connectivity index (χ3n) is 5.47. The molecule has 7 nitrogen and oxygen atoms in total. The first-order chi connectivity index (χ1) is 13.8. The van der Waals surface area contributed by atoms with Crippen molar-refractivity contribution >= 4 is 51.3 Å². The highest BCUT2D eigenvalue weighted by molar-refractivity contribution is 14.0. The highest BCUT2D eigenvalue weighted by Gasteiger charge is 2.31. The van der Waals surface area contributed by atoms with E-state index in [1.54, 1.807) is 6.07 Å². The summed E-state index contributed by atoms with van der Waals surface area (Å²) in [4.78, 5) is 6.90. The maximum Gasteiger partial charge on any atom is 0.241 e. The molecule has 2 rings (SSSR count). The molecule has 0 atom stereocenters. The van der Waals surface area contributed by atoms with Gasteiger partial charge in [-0.1, -0.05) is 19.3 Å². The quantitative estimate of drug-likeness (QED) is 0.149. The Kier molecular flexibility index (Phi) is 12.1. The van der Waals surface area contributed by atoms with Gasteiger partial charge in [0.15, 0.2) is 5.96 Å². The van der Waals surface area contributed by atoms with Gasteiger partial charge in [-0.25, -0.2) is 13.1 Å². The fourth-order valence-corrected chi connectivity index (χ4v) is 6.52. The molecular formula is C20H37IN4O3S2. The fourth-order valence-electron chi connectivity index (χ4n) is 3.93. The van der Waals surface area contributed by atoms with Crippen molar-refractivity contribution < 1.29 is 13.5 Å². The summed E-state index contributed by atoms with van der Waals surface area (Å²) in [7, 11) is -3.49. The molecular weight excluding hydrogens is 535 g/mol. The second-order valence-electron chi connectivity index (χ2n) is 7.83. The van der Waals surface area contributed by atoms with Gasteiger partial charge in [0.2, 0.25) is 10.0 Å². The van der Waals surface area contributed by atoms with Crippen LogP contribution in [0.25, 0.3) is 0 Å². The van der Waals surface area contributed by atoms with Crippen LogP contribution in [0.1, 0.15) is 55.2 Å². The zero-order valence-corrected chi connectivity index (χ0v) is 22.3. The molecule has 0 saturated heterocycles. The maximum atomic E-state index is 12.5. The van der Waals surface area contributed by atoms with E-state index >= 15 is 0 Å². The largest absolute Gasteiger partial charge is 0.396 e. The van der Waals surface area contributed by atoms with E-state index in [1.165, 1.54) is 30.6 Å². The van der Waals surface area contributed by atoms with Crippen molar-refractivity contribution in [3.05, 3.63) is 15.8 Å². The molecule has 0 aliphatic heterocycles. The molecule has 0 unspecified atom stereocenters. The number of rotatable bonds is 10. The number of hydrogen-bond donors (Lipinski definition) is 4. The second kappa shape index (κ2) is 13.2. The first-order valence-corrected chi connectivity index (χ1v) is 12.8. The van der Waals surface area contributed by atoms with Crippen LogP contribution in [0.4, 0.5) is 0 Å². The van der Waals surface area contributed by atoms with Gasteiger partial charge in [-0.05, 0) is 51.5 Å². The molecule has 0 bridgehead atoms. The molecule has 0 radical (unpaired) electrons. The zero-order valence-electron chi connectivity index (χ0n) is 18.3. The number of aliphatic hydroxyl groups excluding tert-OH is 1. The lowest BCUT2D eigenvalue weighted by molar-refractivity contribution is 0.137. The summed E-state index contributed by atoms with van der Waals surface area (Å²) in [6.45, 7) is 8.08. The van der Waals surface area contributed by atoms with Crippen LogP contribution in [0.3, 0.4) is 0 Å². The van der Waals surface area contributed by atoms with E-state index in [9.17, 15) is 13.5 Å². The standard InChI is InChI=1S/C20H36N4O3S2.HI/c1-4-21-19(23-15-20(10-13-25)8-6-5-7-9-20)22-11-12-24-29(26,27)18-14-16(2)28-17(18)3;/h14,24-25H,4-13,15H2,1-3H3,(H2,21,22,23);1H. The van der Waals surface area contributed by atoms with Crippen LogP contribution in [0.15, 0.2) is 16.0 Å². The number of hydrogen-bond acceptors (Lipinski definition) is 5. The van der Waals surface area contributed by atoms with Crippen molar-refractivity contribution in [2.75, 3.05) is 32.8 Å². The molecule has 1 heterocycles. The Labute approximate surface area is 202 Å². The molecule has 1 aliphatic rings. The second-order valence-corrected chi connectivity index (χ2v) is 11.0. The Balaban J connectivity index is 0.00000450. The van der Waals surface area contributed by atoms with Crippen molar-refractivity contribution in [3.63, 3.8) is 0 Å². The van der Waals surface area contributed by atoms with Gasteiger partial charge in [0.05, 0.1) is 4.90 Å². The SMILES string of the molecule is CCNC(=NCC1(CCO)CCCCC1)NCCNS(=O)(=O)c1cc(C)sc1C.I. The number of aryl methyl sites for hydroxylation is 2. The van der Waals surface area contributed by atoms with E-state index in [1.807, 2.05) is 20.8 Å². The van der Waals surface area contributed by atoms with Crippen molar-refractivity contribution in [2.24, 2.45) is 10.4 Å². The van der Waals surface area contributed by atoms with Gasteiger partial charge in [-0.2, -0.15) is 0 Å². The number of aliphatic hydroxyl groups is 1. The predicted molar refractivity (Wildman–Crippen MR) is 136 cm³/mol. The van der Waals surface area contributed by atoms with E-state index in [0.29, 0.717) is 23.9 Å². The van der Waals surface area contributed by atoms with Crippen LogP contribution < -0.4 is 15.4 Å². The Morgan fingerprint density at radius 1 is 1.20 bits per heavy atom. The van der Waals surface area contributed by atoms with Crippen LogP contribution >= 0.6 is 35.3 Å². The Bertz CT molecular complexity index is 770. The molecule has 0 spiro atoms. The Hall–Kier alpha value is -0.430. The molecule has 0 amide bonds. The zero-order chi connectivity index (χ0) is 21.3. The van der Waals surface area contributed by atoms with E-state index in [0.717, 1.165) is 35.6 Å². The maximum absolute atomic E-state index is 12.5. The van der Waals surface area contributed by atoms with E-state index in [-0.39, 0.29) is 42.5 Å². The molecule has 1 aromatic heterocycles. The molecule has 1 aliphatic carbocycles. The summed E-state index contributed by atoms with van der Waals surface area (Å²) in [5, 5.41) is 15.9. The van der Waals surface area contributed by atoms with E-state index in [4.69, 9.17) is 4.99 Å². The molecule has 10 heteroatoms. The molecule has 1 aromatic rings. The van der Waals surface area contributed by atoms with Crippen LogP contribution in [0.2, 0.25) is 0 Å². The lowest BCUT2D eigenvalue weighted by Gasteiger charge is -2.35. The van der Waals surface area contributed by atoms with E-state index in [2.05, 4.69) is 15.4 Å². The number of thiophene rings is 1. The van der Waals surface area contributed by atoms with Crippen LogP contribution in [-0.4, -0.2) is 52.3 Å². The Morgan fingerprint density at radius 2 is 1.90 bits per heavy atom. The number of guanidine groups is 1. The van der Waals surface area contributed by atoms with Crippen LogP contribution in [-0.2, 0) is 10.0 Å². The van der Waals surface area contributed by atoms with Crippen molar-refractivity contribution in [1.29, 1.82) is 0 Å². The third kappa shape index (κ3) is 8.25. The van der Waals surface area contributed by atoms with Gasteiger partial charge in [0.1, 0.15) is 0 Å². The fraction of sp³-hybridized carbons (Fsp3) is 0.750. The minimum Gasteiger partial charge on any atom is -0.396 e. The molecule has 174 valence electrons. The summed E-state index contributed by atoms with van der Waals surface area (Å²) >= 11 is 1.49. The average Bonchev–Trinajstić information content (AvgIpc) is 3.03. The first kappa shape index (κ1) is 27.6. The smallest absolute Gasteiger partial charge is 0.241 e. The van der Waals surface area contributed by atoms with Gasteiger partial charge >= 0.3 is 0 Å². The molecule has 0 aromatic carbocycles. The monoisotopic (exact) mass is 572 g/mol. The van der Waals surface area contributed by atoms with Gasteiger partial charge in [-0.3, -0.25) is 4.99 Å². The number of nitrogens with zero attached hydrogens (tertiary/aromatic N) is 1. The number of sulfonamides is 1. The number of halogens is 1. The summed E-state index contributed by atoms with van der Waals surface area (Å²) < 4.78 is 27.6. The predicted octanol–water partition coefficient (Wildman–Crippen LogP) is 3.15. The highest BCUT2D eigenvalue weighted by Crippen LogP contribution is 2.39. The normalized spacial score (nSPS) is 16.7. The van der Waals surface area contributed by atoms with Gasteiger partial charge < -0.3 is 15.7 Å². The minimum atomic E-state index is -3.49. The van der Waals surface area contributed by atoms with E-state index < -0.39 is 10.0 Å². The minimum absolute atomic E-state index is 0. The van der Waals surface area contributed by atoms with Gasteiger partial charge in [0.25, 0.3) is 0 Å². The third-order valence-corrected chi connectivity index (χ3v) is 8.15. The summed E-state index contributed by atoms with van der Waals surface area (Å²) in [5.41, 5.74) is 0.0886. The van der Waals surface area contributed by atoms with Crippen LogP contribution in [0.5, 0.6) is 0 Å². The van der Waals surface area contributed by atoms with Gasteiger partial charge in [0, 0.05) is 42.5 Å². The van der Waals surface area contributed by atoms with Gasteiger partial charge in [-0.15, -0.1) is 35.3 Å². The summed E-state index contributed by atoms with van der Waals surface area (Å²) in [5.74, 6) is 0.692. The first-order valence-electron chi connectivity index (χ1n) is 10.5. The molecule has 1 fully saturated rings. The molecule has 4 N–H and O–H groups in total. The average molecular weight is 573 g/mol. The topological polar surface area (TPSA) is 103 Å². The Morgan fingerprint density at radius 3 is 2.47 bits per heavy atom. The summed E-state index contributed by atoms with van der Waals surface area (Å²) in [6.07, 6.45) is 6.66. The van der Waals surface area contributed by atoms with Crippen molar-refractivity contribution in [2.45, 2.75) is 64.2 Å². The lowest BCUT2D eigenvalue weighted by Crippen LogP contribution is -2.42. The van der Waals surface area contributed by atoms with Crippen molar-refractivity contribution in [3.8, 4) is 0 Å². The summed E-state index contributed by atoms with van der Waals surface area (Å²) in [6, 6.07) is 1.71. The number of aliphatic imine (C=N–C) groups is 1.